The predicted octanol–water partition coefficient (Wildman–Crippen LogP) is 11.8. The molecule has 0 saturated carbocycles. The number of carbonyl (C=O) groups excluding carboxylic acids is 2. The molecular weight excluding hydrogens is 538 g/mol. The lowest BCUT2D eigenvalue weighted by atomic mass is 9.82. The van der Waals surface area contributed by atoms with Crippen LogP contribution in [0.3, 0.4) is 0 Å². The molecule has 3 nitrogen and oxygen atoms in total. The van der Waals surface area contributed by atoms with Crippen molar-refractivity contribution in [3.05, 3.63) is 71.3 Å². The van der Waals surface area contributed by atoms with E-state index in [4.69, 9.17) is 0 Å². The summed E-state index contributed by atoms with van der Waals surface area (Å²) in [7, 11) is 0. The van der Waals surface area contributed by atoms with Gasteiger partial charge in [-0.1, -0.05) is 140 Å². The van der Waals surface area contributed by atoms with Crippen LogP contribution >= 0.6 is 0 Å². The SMILES string of the molecule is CCCCCCCCCCc1cc2c3c(ccc4c5cccc6cccc(c1c34)c65)C(=O)N(CCCCCCCCC)C2=O. The van der Waals surface area contributed by atoms with E-state index < -0.39 is 0 Å². The van der Waals surface area contributed by atoms with Crippen LogP contribution in [0.4, 0.5) is 0 Å². The minimum Gasteiger partial charge on any atom is -0.274 e. The van der Waals surface area contributed by atoms with Gasteiger partial charge >= 0.3 is 0 Å². The highest BCUT2D eigenvalue weighted by Gasteiger charge is 2.34. The summed E-state index contributed by atoms with van der Waals surface area (Å²) in [6.07, 6.45) is 19.3. The van der Waals surface area contributed by atoms with Crippen molar-refractivity contribution in [1.82, 2.24) is 4.90 Å². The minimum absolute atomic E-state index is 0.105. The largest absolute Gasteiger partial charge is 0.274 e. The molecular formula is C41H49NO2. The van der Waals surface area contributed by atoms with E-state index in [1.54, 1.807) is 4.90 Å². The second kappa shape index (κ2) is 14.1. The van der Waals surface area contributed by atoms with Crippen LogP contribution in [-0.4, -0.2) is 23.3 Å². The first-order valence-corrected chi connectivity index (χ1v) is 17.7. The highest BCUT2D eigenvalue weighted by atomic mass is 16.2. The zero-order valence-corrected chi connectivity index (χ0v) is 27.0. The molecule has 0 fully saturated rings. The summed E-state index contributed by atoms with van der Waals surface area (Å²) in [6.45, 7) is 5.01. The van der Waals surface area contributed by atoms with Gasteiger partial charge in [-0.25, -0.2) is 0 Å². The van der Waals surface area contributed by atoms with Crippen LogP contribution in [0.2, 0.25) is 0 Å². The molecule has 230 valence electrons. The molecule has 1 heterocycles. The number of hydrogen-bond donors (Lipinski definition) is 0. The van der Waals surface area contributed by atoms with Gasteiger partial charge in [-0.3, -0.25) is 14.5 Å². The number of carbonyl (C=O) groups is 2. The van der Waals surface area contributed by atoms with E-state index in [2.05, 4.69) is 62.4 Å². The van der Waals surface area contributed by atoms with Crippen LogP contribution in [-0.2, 0) is 6.42 Å². The summed E-state index contributed by atoms with van der Waals surface area (Å²) in [6, 6.07) is 19.4. The number of nitrogens with zero attached hydrogens (tertiary/aromatic N) is 1. The summed E-state index contributed by atoms with van der Waals surface area (Å²) >= 11 is 0. The molecule has 0 saturated heterocycles. The van der Waals surface area contributed by atoms with Gasteiger partial charge in [0.15, 0.2) is 0 Å². The maximum Gasteiger partial charge on any atom is 0.261 e. The van der Waals surface area contributed by atoms with Gasteiger partial charge in [0.1, 0.15) is 0 Å². The average Bonchev–Trinajstić information content (AvgIpc) is 3.04. The van der Waals surface area contributed by atoms with Crippen molar-refractivity contribution in [2.75, 3.05) is 6.54 Å². The van der Waals surface area contributed by atoms with Crippen LogP contribution in [0.15, 0.2) is 54.6 Å². The summed E-state index contributed by atoms with van der Waals surface area (Å²) in [4.78, 5) is 29.6. The molecule has 44 heavy (non-hydrogen) atoms. The summed E-state index contributed by atoms with van der Waals surface area (Å²) < 4.78 is 0. The van der Waals surface area contributed by atoms with Crippen LogP contribution < -0.4 is 0 Å². The Morgan fingerprint density at radius 3 is 1.75 bits per heavy atom. The van der Waals surface area contributed by atoms with Gasteiger partial charge in [-0.05, 0) is 74.7 Å². The molecule has 0 aliphatic carbocycles. The van der Waals surface area contributed by atoms with Crippen LogP contribution in [0, 0.1) is 0 Å². The first-order chi connectivity index (χ1) is 21.7. The lowest BCUT2D eigenvalue weighted by Crippen LogP contribution is -2.41. The second-order valence-corrected chi connectivity index (χ2v) is 13.2. The number of amides is 2. The number of unbranched alkanes of at least 4 members (excludes halogenated alkanes) is 13. The quantitative estimate of drug-likeness (QED) is 0.0469. The van der Waals surface area contributed by atoms with E-state index in [-0.39, 0.29) is 11.8 Å². The van der Waals surface area contributed by atoms with Gasteiger partial charge < -0.3 is 0 Å². The second-order valence-electron chi connectivity index (χ2n) is 13.2. The molecule has 6 rings (SSSR count). The third kappa shape index (κ3) is 5.83. The zero-order chi connectivity index (χ0) is 30.5. The Hall–Kier alpha value is -3.46. The van der Waals surface area contributed by atoms with E-state index in [0.29, 0.717) is 12.1 Å². The Labute approximate surface area is 263 Å². The van der Waals surface area contributed by atoms with Gasteiger partial charge in [-0.15, -0.1) is 0 Å². The molecule has 1 aliphatic heterocycles. The maximum atomic E-state index is 14.1. The van der Waals surface area contributed by atoms with E-state index in [1.807, 2.05) is 6.07 Å². The molecule has 5 aromatic carbocycles. The summed E-state index contributed by atoms with van der Waals surface area (Å²) in [5, 5.41) is 9.36. The Bertz CT molecular complexity index is 1760. The first-order valence-electron chi connectivity index (χ1n) is 17.7. The normalized spacial score (nSPS) is 13.5. The number of hydrogen-bond acceptors (Lipinski definition) is 2. The fraction of sp³-hybridized carbons (Fsp3) is 0.463. The van der Waals surface area contributed by atoms with Crippen molar-refractivity contribution in [2.24, 2.45) is 0 Å². The van der Waals surface area contributed by atoms with Crippen LogP contribution in [0.5, 0.6) is 0 Å². The van der Waals surface area contributed by atoms with E-state index >= 15 is 0 Å². The number of aryl methyl sites for hydroxylation is 1. The Kier molecular flexibility index (Phi) is 9.79. The van der Waals surface area contributed by atoms with Crippen molar-refractivity contribution >= 4 is 54.9 Å². The number of fused-ring (bicyclic) bond motifs is 2. The molecule has 0 spiro atoms. The fourth-order valence-electron chi connectivity index (χ4n) is 7.73. The number of benzene rings is 5. The summed E-state index contributed by atoms with van der Waals surface area (Å²) in [5.41, 5.74) is 2.68. The third-order valence-electron chi connectivity index (χ3n) is 10.1. The standard InChI is InChI=1S/C41H49NO2/c1-3-5-7-9-11-12-14-16-20-30-28-35-38-34(40(43)42(41(35)44)27-17-15-13-10-8-6-4-2)26-25-32-31-23-18-21-29-22-19-24-33(36(29)31)37(30)39(32)38/h18-19,21-26,28H,3-17,20,27H2,1-2H3. The van der Waals surface area contributed by atoms with Crippen molar-refractivity contribution in [3.63, 3.8) is 0 Å². The molecule has 0 aromatic heterocycles. The van der Waals surface area contributed by atoms with Crippen molar-refractivity contribution in [2.45, 2.75) is 117 Å². The van der Waals surface area contributed by atoms with E-state index in [0.717, 1.165) is 47.4 Å². The first kappa shape index (κ1) is 30.6. The molecule has 0 N–H and O–H groups in total. The lowest BCUT2D eigenvalue weighted by Gasteiger charge is -2.29. The van der Waals surface area contributed by atoms with Crippen LogP contribution in [0.1, 0.15) is 136 Å². The van der Waals surface area contributed by atoms with Crippen molar-refractivity contribution in [1.29, 1.82) is 0 Å². The maximum absolute atomic E-state index is 14.1. The molecule has 0 atom stereocenters. The molecule has 0 unspecified atom stereocenters. The van der Waals surface area contributed by atoms with Crippen LogP contribution in [0.25, 0.3) is 43.1 Å². The molecule has 0 radical (unpaired) electrons. The highest BCUT2D eigenvalue weighted by molar-refractivity contribution is 6.38. The third-order valence-corrected chi connectivity index (χ3v) is 10.1. The number of rotatable bonds is 17. The van der Waals surface area contributed by atoms with Crippen molar-refractivity contribution in [3.8, 4) is 0 Å². The van der Waals surface area contributed by atoms with Crippen molar-refractivity contribution < 1.29 is 9.59 Å². The Morgan fingerprint density at radius 1 is 0.500 bits per heavy atom. The topological polar surface area (TPSA) is 37.4 Å². The predicted molar refractivity (Wildman–Crippen MR) is 187 cm³/mol. The van der Waals surface area contributed by atoms with E-state index in [9.17, 15) is 9.59 Å². The smallest absolute Gasteiger partial charge is 0.261 e. The van der Waals surface area contributed by atoms with Gasteiger partial charge in [0.25, 0.3) is 11.8 Å². The monoisotopic (exact) mass is 587 g/mol. The van der Waals surface area contributed by atoms with Gasteiger partial charge in [0, 0.05) is 23.1 Å². The average molecular weight is 588 g/mol. The highest BCUT2D eigenvalue weighted by Crippen LogP contribution is 2.45. The van der Waals surface area contributed by atoms with Gasteiger partial charge in [0.05, 0.1) is 0 Å². The Morgan fingerprint density at radius 2 is 1.07 bits per heavy atom. The van der Waals surface area contributed by atoms with Gasteiger partial charge in [0.2, 0.25) is 0 Å². The molecule has 2 amide bonds. The lowest BCUT2D eigenvalue weighted by molar-refractivity contribution is 0.0607. The van der Waals surface area contributed by atoms with E-state index in [1.165, 1.54) is 110 Å². The molecule has 0 bridgehead atoms. The molecule has 5 aromatic rings. The fourth-order valence-corrected chi connectivity index (χ4v) is 7.73. The zero-order valence-electron chi connectivity index (χ0n) is 27.0. The van der Waals surface area contributed by atoms with Gasteiger partial charge in [-0.2, -0.15) is 0 Å². The number of imide groups is 1. The molecule has 3 heteroatoms. The molecule has 1 aliphatic rings. The minimum atomic E-state index is -0.126. The Balaban J connectivity index is 1.37. The summed E-state index contributed by atoms with van der Waals surface area (Å²) in [5.74, 6) is -0.231.